The van der Waals surface area contributed by atoms with Gasteiger partial charge in [0, 0.05) is 10.0 Å². The van der Waals surface area contributed by atoms with Gasteiger partial charge in [-0.05, 0) is 61.7 Å². The minimum absolute atomic E-state index is 0.0930. The van der Waals surface area contributed by atoms with Crippen LogP contribution in [0.15, 0.2) is 85.5 Å². The van der Waals surface area contributed by atoms with E-state index in [1.807, 2.05) is 18.2 Å². The molecule has 4 rings (SSSR count). The van der Waals surface area contributed by atoms with E-state index < -0.39 is 24.1 Å². The number of benzene rings is 3. The molecule has 0 saturated carbocycles. The number of alkyl halides is 3. The Morgan fingerprint density at radius 2 is 1.54 bits per heavy atom. The summed E-state index contributed by atoms with van der Waals surface area (Å²) in [7, 11) is 0. The van der Waals surface area contributed by atoms with Crippen molar-refractivity contribution in [1.82, 2.24) is 14.8 Å². The fraction of sp³-hybridized carbons (Fsp3) is 0.231. The largest absolute Gasteiger partial charge is 0.395 e. The molecule has 0 spiro atoms. The van der Waals surface area contributed by atoms with Crippen LogP contribution >= 0.6 is 23.2 Å². The standard InChI is InChI=1S/C19H16Cl2F3N3O.C7H8/c1-18(28,13-2-4-16(5-3-13)27-11-25-10-26-27)9-17(19(22,23)24)12-6-14(20)8-15(21)7-12;1-7-5-3-2-4-6-7/h2-8,10-11,17,28H,9H2,1H3;2-6H,1H3. The van der Waals surface area contributed by atoms with Gasteiger partial charge in [-0.3, -0.25) is 0 Å². The maximum absolute atomic E-state index is 13.7. The number of aryl methyl sites for hydroxylation is 1. The summed E-state index contributed by atoms with van der Waals surface area (Å²) in [5.74, 6) is -1.94. The molecule has 184 valence electrons. The fourth-order valence-electron chi connectivity index (χ4n) is 3.56. The molecule has 0 amide bonds. The molecule has 1 N–H and O–H groups in total. The van der Waals surface area contributed by atoms with Crippen LogP contribution in [0.2, 0.25) is 10.0 Å². The lowest BCUT2D eigenvalue weighted by Crippen LogP contribution is -2.31. The van der Waals surface area contributed by atoms with Crippen molar-refractivity contribution in [3.63, 3.8) is 0 Å². The molecule has 9 heteroatoms. The lowest BCUT2D eigenvalue weighted by Gasteiger charge is -2.31. The second kappa shape index (κ2) is 11.2. The zero-order valence-corrected chi connectivity index (χ0v) is 20.6. The molecule has 0 bridgehead atoms. The number of rotatable bonds is 5. The van der Waals surface area contributed by atoms with Crippen LogP contribution in [0.1, 0.15) is 36.0 Å². The Labute approximate surface area is 212 Å². The topological polar surface area (TPSA) is 50.9 Å². The maximum atomic E-state index is 13.7. The van der Waals surface area contributed by atoms with Gasteiger partial charge in [0.05, 0.1) is 17.2 Å². The van der Waals surface area contributed by atoms with Crippen molar-refractivity contribution in [1.29, 1.82) is 0 Å². The third-order valence-electron chi connectivity index (χ3n) is 5.40. The van der Waals surface area contributed by atoms with E-state index >= 15 is 0 Å². The van der Waals surface area contributed by atoms with Gasteiger partial charge in [0.2, 0.25) is 0 Å². The summed E-state index contributed by atoms with van der Waals surface area (Å²) in [6, 6.07) is 20.5. The molecule has 4 aromatic rings. The zero-order valence-electron chi connectivity index (χ0n) is 19.0. The Morgan fingerprint density at radius 1 is 0.943 bits per heavy atom. The fourth-order valence-corrected chi connectivity index (χ4v) is 4.11. The van der Waals surface area contributed by atoms with Gasteiger partial charge in [-0.2, -0.15) is 18.3 Å². The first-order valence-electron chi connectivity index (χ1n) is 10.7. The molecule has 1 aromatic heterocycles. The molecular weight excluding hydrogens is 498 g/mol. The summed E-state index contributed by atoms with van der Waals surface area (Å²) >= 11 is 11.7. The summed E-state index contributed by atoms with van der Waals surface area (Å²) < 4.78 is 42.8. The third-order valence-corrected chi connectivity index (χ3v) is 5.83. The number of halogens is 5. The molecule has 1 heterocycles. The van der Waals surface area contributed by atoms with E-state index in [0.717, 1.165) is 0 Å². The number of nitrogens with zero attached hydrogens (tertiary/aromatic N) is 3. The molecule has 3 aromatic carbocycles. The van der Waals surface area contributed by atoms with E-state index in [9.17, 15) is 18.3 Å². The van der Waals surface area contributed by atoms with E-state index in [0.29, 0.717) is 11.3 Å². The van der Waals surface area contributed by atoms with Crippen LogP contribution in [0, 0.1) is 6.92 Å². The highest BCUT2D eigenvalue weighted by Gasteiger charge is 2.45. The van der Waals surface area contributed by atoms with Crippen molar-refractivity contribution in [3.8, 4) is 5.69 Å². The molecule has 0 aliphatic heterocycles. The first-order valence-corrected chi connectivity index (χ1v) is 11.4. The maximum Gasteiger partial charge on any atom is 0.395 e. The Hall–Kier alpha value is -2.87. The van der Waals surface area contributed by atoms with E-state index in [1.54, 1.807) is 24.3 Å². The minimum Gasteiger partial charge on any atom is -0.385 e. The van der Waals surface area contributed by atoms with Crippen LogP contribution in [-0.4, -0.2) is 26.0 Å². The van der Waals surface area contributed by atoms with Crippen LogP contribution < -0.4 is 0 Å². The second-order valence-electron chi connectivity index (χ2n) is 8.32. The molecular formula is C26H24Cl2F3N3O. The van der Waals surface area contributed by atoms with Gasteiger partial charge in [-0.1, -0.05) is 71.2 Å². The first-order chi connectivity index (χ1) is 16.5. The number of aromatic nitrogens is 3. The lowest BCUT2D eigenvalue weighted by molar-refractivity contribution is -0.163. The number of hydrogen-bond donors (Lipinski definition) is 1. The summed E-state index contributed by atoms with van der Waals surface area (Å²) in [4.78, 5) is 3.84. The quantitative estimate of drug-likeness (QED) is 0.295. The van der Waals surface area contributed by atoms with Gasteiger partial charge in [0.15, 0.2) is 0 Å². The van der Waals surface area contributed by atoms with Gasteiger partial charge < -0.3 is 5.11 Å². The van der Waals surface area contributed by atoms with E-state index in [2.05, 4.69) is 29.1 Å². The monoisotopic (exact) mass is 521 g/mol. The summed E-state index contributed by atoms with van der Waals surface area (Å²) in [6.45, 7) is 3.43. The van der Waals surface area contributed by atoms with Gasteiger partial charge in [-0.25, -0.2) is 9.67 Å². The molecule has 0 radical (unpaired) electrons. The summed E-state index contributed by atoms with van der Waals surface area (Å²) in [6.07, 6.45) is -2.31. The zero-order chi connectivity index (χ0) is 25.6. The SMILES string of the molecule is CC(O)(CC(c1cc(Cl)cc(Cl)c1)C(F)(F)F)c1ccc(-n2cncn2)cc1.Cc1ccccc1. The average Bonchev–Trinajstić information content (AvgIpc) is 3.32. The lowest BCUT2D eigenvalue weighted by atomic mass is 9.82. The Morgan fingerprint density at radius 3 is 2.00 bits per heavy atom. The molecule has 0 fully saturated rings. The number of hydrogen-bond acceptors (Lipinski definition) is 3. The second-order valence-corrected chi connectivity index (χ2v) is 9.19. The van der Waals surface area contributed by atoms with Gasteiger partial charge >= 0.3 is 6.18 Å². The van der Waals surface area contributed by atoms with E-state index in [4.69, 9.17) is 23.2 Å². The Kier molecular flexibility index (Phi) is 8.59. The van der Waals surface area contributed by atoms with Gasteiger partial charge in [0.1, 0.15) is 12.7 Å². The van der Waals surface area contributed by atoms with Gasteiger partial charge in [-0.15, -0.1) is 0 Å². The highest BCUT2D eigenvalue weighted by atomic mass is 35.5. The normalized spacial score (nSPS) is 13.9. The highest BCUT2D eigenvalue weighted by Crippen LogP contribution is 2.44. The first kappa shape index (κ1) is 26.7. The average molecular weight is 522 g/mol. The molecule has 35 heavy (non-hydrogen) atoms. The van der Waals surface area contributed by atoms with Crippen LogP contribution in [0.4, 0.5) is 13.2 Å². The molecule has 2 unspecified atom stereocenters. The van der Waals surface area contributed by atoms with E-state index in [-0.39, 0.29) is 15.6 Å². The van der Waals surface area contributed by atoms with Crippen LogP contribution in [0.5, 0.6) is 0 Å². The van der Waals surface area contributed by atoms with Crippen molar-refractivity contribution in [2.45, 2.75) is 38.0 Å². The van der Waals surface area contributed by atoms with Crippen LogP contribution in [0.25, 0.3) is 5.69 Å². The van der Waals surface area contributed by atoms with Crippen molar-refractivity contribution >= 4 is 23.2 Å². The predicted molar refractivity (Wildman–Crippen MR) is 132 cm³/mol. The van der Waals surface area contributed by atoms with Crippen molar-refractivity contribution in [3.05, 3.63) is 112 Å². The molecule has 4 nitrogen and oxygen atoms in total. The van der Waals surface area contributed by atoms with Crippen LogP contribution in [-0.2, 0) is 5.60 Å². The molecule has 0 aliphatic rings. The summed E-state index contributed by atoms with van der Waals surface area (Å²) in [5.41, 5.74) is 0.507. The predicted octanol–water partition coefficient (Wildman–Crippen LogP) is 7.51. The third kappa shape index (κ3) is 7.56. The van der Waals surface area contributed by atoms with Crippen molar-refractivity contribution in [2.75, 3.05) is 0 Å². The van der Waals surface area contributed by atoms with Crippen molar-refractivity contribution in [2.24, 2.45) is 0 Å². The van der Waals surface area contributed by atoms with Gasteiger partial charge in [0.25, 0.3) is 0 Å². The smallest absolute Gasteiger partial charge is 0.385 e. The van der Waals surface area contributed by atoms with Crippen LogP contribution in [0.3, 0.4) is 0 Å². The highest BCUT2D eigenvalue weighted by molar-refractivity contribution is 6.34. The van der Waals surface area contributed by atoms with E-state index in [1.165, 1.54) is 48.0 Å². The summed E-state index contributed by atoms with van der Waals surface area (Å²) in [5, 5.41) is 15.0. The molecule has 2 atom stereocenters. The van der Waals surface area contributed by atoms with Crippen molar-refractivity contribution < 1.29 is 18.3 Å². The Balaban J connectivity index is 0.000000420. The minimum atomic E-state index is -4.58. The molecule has 0 aliphatic carbocycles. The Bertz CT molecular complexity index is 1190. The molecule has 0 saturated heterocycles. The number of aliphatic hydroxyl groups is 1.